The van der Waals surface area contributed by atoms with Crippen LogP contribution in [0.3, 0.4) is 0 Å². The molecule has 0 bridgehead atoms. The maximum Gasteiger partial charge on any atom is 0.333 e. The maximum atomic E-state index is 11.4. The molecular formula is C6H10N2O5S2. The van der Waals surface area contributed by atoms with E-state index in [-0.39, 0.29) is 0 Å². The summed E-state index contributed by atoms with van der Waals surface area (Å²) < 4.78 is -1.32. The largest absolute Gasteiger partial charge is 0.480 e. The Balaban J connectivity index is 5.34. The molecule has 0 heterocycles. The van der Waals surface area contributed by atoms with Gasteiger partial charge in [-0.25, -0.2) is 4.79 Å². The van der Waals surface area contributed by atoms with E-state index in [1.807, 2.05) is 0 Å². The molecule has 86 valence electrons. The number of rotatable bonds is 5. The third kappa shape index (κ3) is 2.62. The van der Waals surface area contributed by atoms with Gasteiger partial charge in [0.2, 0.25) is 5.54 Å². The third-order valence-corrected chi connectivity index (χ3v) is 2.22. The van der Waals surface area contributed by atoms with Crippen LogP contribution >= 0.6 is 25.3 Å². The highest BCUT2D eigenvalue weighted by atomic mass is 32.2. The zero-order valence-electron chi connectivity index (χ0n) is 7.32. The minimum atomic E-state index is -2.74. The van der Waals surface area contributed by atoms with Gasteiger partial charge in [0.1, 0.15) is 10.6 Å². The second kappa shape index (κ2) is 4.84. The van der Waals surface area contributed by atoms with Crippen LogP contribution in [0.15, 0.2) is 0 Å². The van der Waals surface area contributed by atoms with Crippen molar-refractivity contribution in [2.45, 2.75) is 16.2 Å². The van der Waals surface area contributed by atoms with Crippen molar-refractivity contribution < 1.29 is 24.6 Å². The first kappa shape index (κ1) is 14.2. The summed E-state index contributed by atoms with van der Waals surface area (Å²) in [4.78, 5) is 32.6. The van der Waals surface area contributed by atoms with E-state index < -0.39 is 33.9 Å². The van der Waals surface area contributed by atoms with Gasteiger partial charge in [-0.15, -0.1) is 0 Å². The molecule has 0 spiro atoms. The summed E-state index contributed by atoms with van der Waals surface area (Å²) in [6.07, 6.45) is 0. The smallest absolute Gasteiger partial charge is 0.333 e. The number of carbonyl (C=O) groups is 3. The SMILES string of the molecule is NC(C(=O)O)C(N)(C(=O)O)C(=O)C(S)S. The average Bonchev–Trinajstić information content (AvgIpc) is 2.13. The number of carboxylic acids is 2. The molecule has 0 aliphatic heterocycles. The quantitative estimate of drug-likeness (QED) is 0.188. The van der Waals surface area contributed by atoms with E-state index in [1.54, 1.807) is 0 Å². The van der Waals surface area contributed by atoms with E-state index >= 15 is 0 Å². The van der Waals surface area contributed by atoms with E-state index in [4.69, 9.17) is 21.7 Å². The van der Waals surface area contributed by atoms with Crippen LogP contribution in [-0.4, -0.2) is 44.1 Å². The molecule has 9 heteroatoms. The molecule has 0 rings (SSSR count). The van der Waals surface area contributed by atoms with Crippen LogP contribution in [-0.2, 0) is 14.4 Å². The van der Waals surface area contributed by atoms with Crippen LogP contribution in [0.25, 0.3) is 0 Å². The lowest BCUT2D eigenvalue weighted by atomic mass is 9.87. The molecule has 15 heavy (non-hydrogen) atoms. The number of ketones is 1. The first-order chi connectivity index (χ1) is 6.65. The zero-order valence-corrected chi connectivity index (χ0v) is 9.11. The predicted octanol–water partition coefficient (Wildman–Crippen LogP) is -2.06. The molecule has 0 saturated carbocycles. The average molecular weight is 254 g/mol. The minimum Gasteiger partial charge on any atom is -0.480 e. The lowest BCUT2D eigenvalue weighted by Gasteiger charge is -2.27. The van der Waals surface area contributed by atoms with Crippen molar-refractivity contribution in [2.24, 2.45) is 11.5 Å². The summed E-state index contributed by atoms with van der Waals surface area (Å²) in [5.41, 5.74) is 7.48. The van der Waals surface area contributed by atoms with Gasteiger partial charge in [0.25, 0.3) is 0 Å². The number of hydrogen-bond donors (Lipinski definition) is 6. The molecule has 0 aromatic heterocycles. The van der Waals surface area contributed by atoms with Crippen LogP contribution in [0.1, 0.15) is 0 Å². The Bertz CT molecular complexity index is 308. The molecule has 0 fully saturated rings. The van der Waals surface area contributed by atoms with Crippen molar-refractivity contribution in [1.82, 2.24) is 0 Å². The first-order valence-corrected chi connectivity index (χ1v) is 4.60. The van der Waals surface area contributed by atoms with Crippen molar-refractivity contribution >= 4 is 43.0 Å². The number of nitrogens with two attached hydrogens (primary N) is 2. The molecule has 2 atom stereocenters. The Hall–Kier alpha value is -0.770. The fourth-order valence-corrected chi connectivity index (χ4v) is 1.23. The standard InChI is InChI=1S/C6H10N2O5S2/c7-1(3(10)11)6(8,5(12)13)2(9)4(14)15/h1,4,14-15H,7-8H2,(H,10,11)(H,12,13). The number of thiol groups is 2. The lowest BCUT2D eigenvalue weighted by molar-refractivity contribution is -0.155. The normalized spacial score (nSPS) is 16.9. The van der Waals surface area contributed by atoms with Crippen LogP contribution in [0.4, 0.5) is 0 Å². The second-order valence-electron chi connectivity index (χ2n) is 2.73. The van der Waals surface area contributed by atoms with Crippen molar-refractivity contribution in [3.8, 4) is 0 Å². The topological polar surface area (TPSA) is 144 Å². The molecular weight excluding hydrogens is 244 g/mol. The fourth-order valence-electron chi connectivity index (χ4n) is 0.800. The Morgan fingerprint density at radius 2 is 1.60 bits per heavy atom. The van der Waals surface area contributed by atoms with Crippen LogP contribution in [0.5, 0.6) is 0 Å². The van der Waals surface area contributed by atoms with E-state index in [0.29, 0.717) is 0 Å². The number of Topliss-reactive ketones (excluding diaryl/α,β-unsaturated/α-hetero) is 1. The molecule has 2 unspecified atom stereocenters. The molecule has 0 aliphatic rings. The Kier molecular flexibility index (Phi) is 4.59. The van der Waals surface area contributed by atoms with Crippen molar-refractivity contribution in [2.75, 3.05) is 0 Å². The van der Waals surface area contributed by atoms with Gasteiger partial charge in [-0.2, -0.15) is 25.3 Å². The molecule has 0 aromatic rings. The Morgan fingerprint density at radius 1 is 1.20 bits per heavy atom. The highest BCUT2D eigenvalue weighted by molar-refractivity contribution is 8.00. The van der Waals surface area contributed by atoms with Gasteiger partial charge < -0.3 is 21.7 Å². The van der Waals surface area contributed by atoms with Gasteiger partial charge in [-0.3, -0.25) is 9.59 Å². The first-order valence-electron chi connectivity index (χ1n) is 3.56. The van der Waals surface area contributed by atoms with E-state index in [9.17, 15) is 14.4 Å². The molecule has 0 amide bonds. The summed E-state index contributed by atoms with van der Waals surface area (Å²) in [5.74, 6) is -4.72. The minimum absolute atomic E-state index is 1.18. The monoisotopic (exact) mass is 254 g/mol. The van der Waals surface area contributed by atoms with Crippen molar-refractivity contribution in [3.05, 3.63) is 0 Å². The van der Waals surface area contributed by atoms with E-state index in [1.165, 1.54) is 0 Å². The summed E-state index contributed by atoms with van der Waals surface area (Å²) in [5, 5.41) is 17.2. The van der Waals surface area contributed by atoms with Crippen molar-refractivity contribution in [3.63, 3.8) is 0 Å². The molecule has 6 N–H and O–H groups in total. The van der Waals surface area contributed by atoms with Gasteiger partial charge in [0.05, 0.1) is 0 Å². The summed E-state index contributed by atoms with van der Waals surface area (Å²) in [6.45, 7) is 0. The maximum absolute atomic E-state index is 11.4. The molecule has 0 radical (unpaired) electrons. The molecule has 7 nitrogen and oxygen atoms in total. The molecule has 0 aromatic carbocycles. The summed E-state index contributed by atoms with van der Waals surface area (Å²) >= 11 is 7.13. The van der Waals surface area contributed by atoms with Gasteiger partial charge in [0.15, 0.2) is 5.78 Å². The fraction of sp³-hybridized carbons (Fsp3) is 0.500. The predicted molar refractivity (Wildman–Crippen MR) is 56.9 cm³/mol. The van der Waals surface area contributed by atoms with Crippen LogP contribution in [0, 0.1) is 0 Å². The molecule has 0 aliphatic carbocycles. The summed E-state index contributed by atoms with van der Waals surface area (Å²) in [7, 11) is 0. The van der Waals surface area contributed by atoms with Crippen LogP contribution in [0.2, 0.25) is 0 Å². The van der Waals surface area contributed by atoms with Gasteiger partial charge >= 0.3 is 11.9 Å². The highest BCUT2D eigenvalue weighted by Gasteiger charge is 2.52. The lowest BCUT2D eigenvalue weighted by Crippen LogP contribution is -2.69. The number of carbonyl (C=O) groups excluding carboxylic acids is 1. The van der Waals surface area contributed by atoms with E-state index in [0.717, 1.165) is 0 Å². The summed E-state index contributed by atoms with van der Waals surface area (Å²) in [6, 6.07) is -2.07. The Labute approximate surface area is 95.6 Å². The number of hydrogen-bond acceptors (Lipinski definition) is 7. The highest BCUT2D eigenvalue weighted by Crippen LogP contribution is 2.16. The van der Waals surface area contributed by atoms with Crippen molar-refractivity contribution in [1.29, 1.82) is 0 Å². The number of carboxylic acid groups (broad SMARTS) is 2. The third-order valence-electron chi connectivity index (χ3n) is 1.75. The van der Waals surface area contributed by atoms with E-state index in [2.05, 4.69) is 25.3 Å². The van der Waals surface area contributed by atoms with Gasteiger partial charge in [-0.05, 0) is 0 Å². The molecule has 0 saturated heterocycles. The van der Waals surface area contributed by atoms with Gasteiger partial charge in [0, 0.05) is 0 Å². The van der Waals surface area contributed by atoms with Crippen LogP contribution < -0.4 is 11.5 Å². The second-order valence-corrected chi connectivity index (χ2v) is 4.17. The zero-order chi connectivity index (χ0) is 12.4. The number of aliphatic carboxylic acids is 2. The van der Waals surface area contributed by atoms with Gasteiger partial charge in [-0.1, -0.05) is 0 Å². The Morgan fingerprint density at radius 3 is 1.80 bits per heavy atom.